The summed E-state index contributed by atoms with van der Waals surface area (Å²) in [5.74, 6) is 0. The van der Waals surface area contributed by atoms with Crippen molar-refractivity contribution in [2.75, 3.05) is 4.90 Å². The van der Waals surface area contributed by atoms with Crippen LogP contribution in [0.2, 0.25) is 0 Å². The molecule has 0 heterocycles. The van der Waals surface area contributed by atoms with Crippen molar-refractivity contribution in [1.29, 1.82) is 10.5 Å². The number of nitriles is 2. The van der Waals surface area contributed by atoms with Crippen LogP contribution < -0.4 is 4.90 Å². The lowest BCUT2D eigenvalue weighted by Gasteiger charge is -2.25. The summed E-state index contributed by atoms with van der Waals surface area (Å²) in [4.78, 5) is 2.18. The zero-order valence-electron chi connectivity index (χ0n) is 16.3. The normalized spacial score (nSPS) is 10.2. The molecule has 0 radical (unpaired) electrons. The van der Waals surface area contributed by atoms with Gasteiger partial charge in [0.1, 0.15) is 12.1 Å². The van der Waals surface area contributed by atoms with Gasteiger partial charge in [0.15, 0.2) is 0 Å². The molecule has 0 atom stereocenters. The van der Waals surface area contributed by atoms with Crippen molar-refractivity contribution in [2.45, 2.75) is 0 Å². The van der Waals surface area contributed by atoms with Crippen molar-refractivity contribution < 1.29 is 0 Å². The molecular weight excluding hydrogens is 514 g/mol. The maximum atomic E-state index is 9.31. The Morgan fingerprint density at radius 3 is 1.39 bits per heavy atom. The predicted octanol–water partition coefficient (Wildman–Crippen LogP) is 8.09. The number of anilines is 3. The van der Waals surface area contributed by atoms with Gasteiger partial charge in [-0.1, -0.05) is 50.1 Å². The van der Waals surface area contributed by atoms with Crippen LogP contribution in [0.15, 0.2) is 99.9 Å². The average molecular weight is 529 g/mol. The molecule has 0 bridgehead atoms. The van der Waals surface area contributed by atoms with Crippen LogP contribution in [0.4, 0.5) is 17.1 Å². The van der Waals surface area contributed by atoms with Gasteiger partial charge in [0, 0.05) is 26.0 Å². The zero-order valence-corrected chi connectivity index (χ0v) is 19.4. The monoisotopic (exact) mass is 527 g/mol. The molecule has 0 saturated heterocycles. The standard InChI is InChI=1S/C26H15Br2N3/c27-22-5-11-25(12-6-22)31(26-13-7-23(28)8-14-26)24-9-3-18(4-10-24)19-1-2-20(16-29)21(15-19)17-30/h1-15H. The highest BCUT2D eigenvalue weighted by Gasteiger charge is 2.13. The van der Waals surface area contributed by atoms with Crippen molar-refractivity contribution in [1.82, 2.24) is 0 Å². The van der Waals surface area contributed by atoms with E-state index in [1.54, 1.807) is 12.1 Å². The van der Waals surface area contributed by atoms with E-state index in [0.717, 1.165) is 37.1 Å². The van der Waals surface area contributed by atoms with Gasteiger partial charge in [-0.25, -0.2) is 0 Å². The van der Waals surface area contributed by atoms with Gasteiger partial charge in [-0.2, -0.15) is 10.5 Å². The van der Waals surface area contributed by atoms with E-state index in [4.69, 9.17) is 5.26 Å². The minimum atomic E-state index is 0.385. The summed E-state index contributed by atoms with van der Waals surface area (Å²) in [6.07, 6.45) is 0. The summed E-state index contributed by atoms with van der Waals surface area (Å²) in [5, 5.41) is 18.5. The van der Waals surface area contributed by atoms with Gasteiger partial charge in [-0.15, -0.1) is 0 Å². The highest BCUT2D eigenvalue weighted by molar-refractivity contribution is 9.10. The molecule has 31 heavy (non-hydrogen) atoms. The molecule has 0 fully saturated rings. The molecule has 3 nitrogen and oxygen atoms in total. The lowest BCUT2D eigenvalue weighted by atomic mass is 10.00. The number of rotatable bonds is 4. The van der Waals surface area contributed by atoms with Gasteiger partial charge in [0.05, 0.1) is 11.1 Å². The van der Waals surface area contributed by atoms with Crippen molar-refractivity contribution in [3.05, 3.63) is 111 Å². The minimum Gasteiger partial charge on any atom is -0.311 e. The van der Waals surface area contributed by atoms with E-state index in [-0.39, 0.29) is 0 Å². The quantitative estimate of drug-likeness (QED) is 0.269. The molecule has 0 N–H and O–H groups in total. The molecule has 0 amide bonds. The molecule has 0 unspecified atom stereocenters. The molecule has 0 saturated carbocycles. The Morgan fingerprint density at radius 1 is 0.516 bits per heavy atom. The Balaban J connectivity index is 1.75. The van der Waals surface area contributed by atoms with Crippen LogP contribution in [0.1, 0.15) is 11.1 Å². The average Bonchev–Trinajstić information content (AvgIpc) is 2.81. The predicted molar refractivity (Wildman–Crippen MR) is 131 cm³/mol. The Hall–Kier alpha value is -3.38. The molecule has 4 aromatic rings. The van der Waals surface area contributed by atoms with Gasteiger partial charge < -0.3 is 4.90 Å². The molecule has 5 heteroatoms. The second kappa shape index (κ2) is 9.18. The summed E-state index contributed by atoms with van der Waals surface area (Å²) >= 11 is 7.01. The van der Waals surface area contributed by atoms with Crippen LogP contribution in [0, 0.1) is 22.7 Å². The fraction of sp³-hybridized carbons (Fsp3) is 0. The molecule has 4 rings (SSSR count). The molecule has 148 valence electrons. The SMILES string of the molecule is N#Cc1ccc(-c2ccc(N(c3ccc(Br)cc3)c3ccc(Br)cc3)cc2)cc1C#N. The molecule has 0 aliphatic heterocycles. The van der Waals surface area contributed by atoms with E-state index in [9.17, 15) is 5.26 Å². The summed E-state index contributed by atoms with van der Waals surface area (Å²) < 4.78 is 2.05. The summed E-state index contributed by atoms with van der Waals surface area (Å²) in [6.45, 7) is 0. The molecular formula is C26H15Br2N3. The van der Waals surface area contributed by atoms with E-state index in [1.807, 2.05) is 42.5 Å². The first-order valence-corrected chi connectivity index (χ1v) is 11.0. The minimum absolute atomic E-state index is 0.385. The fourth-order valence-electron chi connectivity index (χ4n) is 3.34. The van der Waals surface area contributed by atoms with E-state index in [2.05, 4.69) is 85.3 Å². The fourth-order valence-corrected chi connectivity index (χ4v) is 3.87. The van der Waals surface area contributed by atoms with E-state index >= 15 is 0 Å². The van der Waals surface area contributed by atoms with Gasteiger partial charge in [0.25, 0.3) is 0 Å². The second-order valence-electron chi connectivity index (χ2n) is 6.82. The molecule has 0 aliphatic rings. The van der Waals surface area contributed by atoms with E-state index in [0.29, 0.717) is 11.1 Å². The Kier molecular flexibility index (Phi) is 6.18. The van der Waals surface area contributed by atoms with Gasteiger partial charge >= 0.3 is 0 Å². The maximum absolute atomic E-state index is 9.31. The van der Waals surface area contributed by atoms with Gasteiger partial charge in [0.2, 0.25) is 0 Å². The topological polar surface area (TPSA) is 50.8 Å². The van der Waals surface area contributed by atoms with Crippen LogP contribution in [0.3, 0.4) is 0 Å². The lowest BCUT2D eigenvalue weighted by Crippen LogP contribution is -2.09. The summed E-state index contributed by atoms with van der Waals surface area (Å²) in [5.41, 5.74) is 5.77. The zero-order chi connectivity index (χ0) is 21.8. The maximum Gasteiger partial charge on any atom is 0.101 e. The Labute approximate surface area is 198 Å². The summed E-state index contributed by atoms with van der Waals surface area (Å²) in [7, 11) is 0. The third-order valence-electron chi connectivity index (χ3n) is 4.89. The molecule has 4 aromatic carbocycles. The van der Waals surface area contributed by atoms with Gasteiger partial charge in [-0.05, 0) is 83.9 Å². The Bertz CT molecular complexity index is 1250. The van der Waals surface area contributed by atoms with Crippen molar-refractivity contribution in [2.24, 2.45) is 0 Å². The number of benzene rings is 4. The third-order valence-corrected chi connectivity index (χ3v) is 5.95. The number of hydrogen-bond acceptors (Lipinski definition) is 3. The van der Waals surface area contributed by atoms with E-state index < -0.39 is 0 Å². The first-order chi connectivity index (χ1) is 15.1. The van der Waals surface area contributed by atoms with E-state index in [1.165, 1.54) is 0 Å². The number of hydrogen-bond donors (Lipinski definition) is 0. The first-order valence-electron chi connectivity index (χ1n) is 9.45. The van der Waals surface area contributed by atoms with Gasteiger partial charge in [-0.3, -0.25) is 0 Å². The van der Waals surface area contributed by atoms with Crippen molar-refractivity contribution in [3.63, 3.8) is 0 Å². The van der Waals surface area contributed by atoms with Crippen LogP contribution in [-0.4, -0.2) is 0 Å². The first kappa shape index (κ1) is 20.9. The lowest BCUT2D eigenvalue weighted by molar-refractivity contribution is 1.28. The number of nitrogens with zero attached hydrogens (tertiary/aromatic N) is 3. The van der Waals surface area contributed by atoms with Crippen molar-refractivity contribution >= 4 is 48.9 Å². The third kappa shape index (κ3) is 4.54. The number of halogens is 2. The molecule has 0 spiro atoms. The largest absolute Gasteiger partial charge is 0.311 e. The summed E-state index contributed by atoms with van der Waals surface area (Å²) in [6, 6.07) is 34.0. The van der Waals surface area contributed by atoms with Crippen molar-refractivity contribution in [3.8, 4) is 23.3 Å². The highest BCUT2D eigenvalue weighted by atomic mass is 79.9. The second-order valence-corrected chi connectivity index (χ2v) is 8.65. The van der Waals surface area contributed by atoms with Crippen LogP contribution in [0.5, 0.6) is 0 Å². The molecule has 0 aliphatic carbocycles. The van der Waals surface area contributed by atoms with Crippen LogP contribution >= 0.6 is 31.9 Å². The van der Waals surface area contributed by atoms with Crippen LogP contribution in [0.25, 0.3) is 11.1 Å². The Morgan fingerprint density at radius 2 is 0.935 bits per heavy atom. The highest BCUT2D eigenvalue weighted by Crippen LogP contribution is 2.36. The smallest absolute Gasteiger partial charge is 0.101 e. The molecule has 0 aromatic heterocycles. The van der Waals surface area contributed by atoms with Crippen LogP contribution in [-0.2, 0) is 0 Å².